The molecule has 162 valence electrons. The third kappa shape index (κ3) is 4.82. The van der Waals surface area contributed by atoms with Crippen LogP contribution in [0.25, 0.3) is 0 Å². The first-order chi connectivity index (χ1) is 14.8. The summed E-state index contributed by atoms with van der Waals surface area (Å²) in [6, 6.07) is 9.01. The third-order valence-corrected chi connectivity index (χ3v) is 4.81. The fourth-order valence-corrected chi connectivity index (χ4v) is 3.15. The second-order valence-corrected chi connectivity index (χ2v) is 7.04. The molecule has 2 aromatic rings. The third-order valence-electron chi connectivity index (χ3n) is 4.81. The van der Waals surface area contributed by atoms with Crippen LogP contribution in [0.3, 0.4) is 0 Å². The number of amides is 2. The largest absolute Gasteiger partial charge is 0.507 e. The van der Waals surface area contributed by atoms with Gasteiger partial charge in [0.1, 0.15) is 17.4 Å². The summed E-state index contributed by atoms with van der Waals surface area (Å²) in [4.78, 5) is 49.2. The molecule has 3 rings (SSSR count). The molecule has 1 unspecified atom stereocenters. The molecule has 1 fully saturated rings. The number of aromatic carboxylic acids is 1. The lowest BCUT2D eigenvalue weighted by molar-refractivity contribution is -0.121. The molecule has 1 saturated heterocycles. The van der Waals surface area contributed by atoms with Gasteiger partial charge in [-0.1, -0.05) is 13.3 Å². The van der Waals surface area contributed by atoms with Gasteiger partial charge in [-0.25, -0.2) is 14.5 Å². The monoisotopic (exact) mass is 426 g/mol. The summed E-state index contributed by atoms with van der Waals surface area (Å²) in [6.45, 7) is 2.35. The highest BCUT2D eigenvalue weighted by Gasteiger charge is 2.40. The highest BCUT2D eigenvalue weighted by atomic mass is 16.5. The summed E-state index contributed by atoms with van der Waals surface area (Å²) in [6.07, 6.45) is 1.58. The zero-order valence-electron chi connectivity index (χ0n) is 16.8. The van der Waals surface area contributed by atoms with Crippen LogP contribution in [0.2, 0.25) is 0 Å². The maximum absolute atomic E-state index is 12.8. The van der Waals surface area contributed by atoms with Gasteiger partial charge in [-0.15, -0.1) is 0 Å². The average Bonchev–Trinajstić information content (AvgIpc) is 3.02. The molecule has 3 N–H and O–H groups in total. The van der Waals surface area contributed by atoms with Crippen molar-refractivity contribution in [1.29, 1.82) is 0 Å². The minimum absolute atomic E-state index is 0.0691. The highest BCUT2D eigenvalue weighted by molar-refractivity contribution is 6.23. The number of hydrogen-bond acceptors (Lipinski definition) is 7. The Labute approximate surface area is 178 Å². The molecule has 1 aliphatic rings. The summed E-state index contributed by atoms with van der Waals surface area (Å²) in [5.74, 6) is -3.31. The molecule has 0 bridgehead atoms. The maximum atomic E-state index is 12.8. The number of imide groups is 1. The Morgan fingerprint density at radius 2 is 1.87 bits per heavy atom. The number of aromatic hydroxyl groups is 1. The number of carbonyl (C=O) groups is 4. The molecule has 0 aliphatic carbocycles. The van der Waals surface area contributed by atoms with Crippen molar-refractivity contribution in [3.8, 4) is 5.75 Å². The molecule has 2 aromatic carbocycles. The van der Waals surface area contributed by atoms with E-state index in [-0.39, 0.29) is 12.1 Å². The van der Waals surface area contributed by atoms with E-state index in [4.69, 9.17) is 9.84 Å². The summed E-state index contributed by atoms with van der Waals surface area (Å²) in [5.41, 5.74) is 0.577. The van der Waals surface area contributed by atoms with Crippen molar-refractivity contribution < 1.29 is 34.1 Å². The molecular formula is C22H22N2O7. The minimum Gasteiger partial charge on any atom is -0.507 e. The highest BCUT2D eigenvalue weighted by Crippen LogP contribution is 2.29. The van der Waals surface area contributed by atoms with Crippen LogP contribution in [0.1, 0.15) is 46.9 Å². The zero-order valence-corrected chi connectivity index (χ0v) is 16.8. The van der Waals surface area contributed by atoms with Gasteiger partial charge in [-0.3, -0.25) is 9.59 Å². The number of phenols is 1. The molecule has 0 aromatic heterocycles. The van der Waals surface area contributed by atoms with Gasteiger partial charge < -0.3 is 20.3 Å². The number of benzene rings is 2. The minimum atomic E-state index is -1.37. The molecule has 0 saturated carbocycles. The molecule has 9 nitrogen and oxygen atoms in total. The molecule has 1 aliphatic heterocycles. The molecule has 1 heterocycles. The van der Waals surface area contributed by atoms with Gasteiger partial charge in [0.15, 0.2) is 0 Å². The van der Waals surface area contributed by atoms with E-state index in [1.54, 1.807) is 24.3 Å². The number of carboxylic acid groups (broad SMARTS) is 1. The lowest BCUT2D eigenvalue weighted by atomic mass is 10.1. The second kappa shape index (κ2) is 9.29. The number of rotatable bonds is 8. The second-order valence-electron chi connectivity index (χ2n) is 7.04. The summed E-state index contributed by atoms with van der Waals surface area (Å²) in [7, 11) is 0. The predicted molar refractivity (Wildman–Crippen MR) is 111 cm³/mol. The Balaban J connectivity index is 1.70. The molecule has 31 heavy (non-hydrogen) atoms. The molecule has 0 radical (unpaired) electrons. The number of esters is 1. The van der Waals surface area contributed by atoms with Crippen LogP contribution in [-0.2, 0) is 14.3 Å². The summed E-state index contributed by atoms with van der Waals surface area (Å²) < 4.78 is 5.15. The van der Waals surface area contributed by atoms with Crippen LogP contribution in [0.5, 0.6) is 5.75 Å². The molecule has 1 atom stereocenters. The SMILES string of the molecule is CCCCOC(=O)c1ccc(NC2CC(=O)N(c3ccc(O)c(C(=O)O)c3)C2=O)cc1. The van der Waals surface area contributed by atoms with E-state index in [9.17, 15) is 24.3 Å². The Bertz CT molecular complexity index is 1020. The van der Waals surface area contributed by atoms with Gasteiger partial charge in [0.25, 0.3) is 5.91 Å². The summed E-state index contributed by atoms with van der Waals surface area (Å²) in [5, 5.41) is 21.7. The van der Waals surface area contributed by atoms with Gasteiger partial charge >= 0.3 is 11.9 Å². The number of carboxylic acids is 1. The Morgan fingerprint density at radius 3 is 2.52 bits per heavy atom. The van der Waals surface area contributed by atoms with Crippen molar-refractivity contribution in [3.05, 3.63) is 53.6 Å². The van der Waals surface area contributed by atoms with Gasteiger partial charge in [-0.05, 0) is 48.9 Å². The first-order valence-electron chi connectivity index (χ1n) is 9.78. The number of nitrogens with zero attached hydrogens (tertiary/aromatic N) is 1. The average molecular weight is 426 g/mol. The van der Waals surface area contributed by atoms with Gasteiger partial charge in [0.05, 0.1) is 24.3 Å². The Kier molecular flexibility index (Phi) is 6.54. The Morgan fingerprint density at radius 1 is 1.16 bits per heavy atom. The van der Waals surface area contributed by atoms with E-state index in [1.165, 1.54) is 6.07 Å². The topological polar surface area (TPSA) is 133 Å². The van der Waals surface area contributed by atoms with E-state index in [1.807, 2.05) is 6.92 Å². The number of carbonyl (C=O) groups excluding carboxylic acids is 3. The van der Waals surface area contributed by atoms with Crippen LogP contribution < -0.4 is 10.2 Å². The lowest BCUT2D eigenvalue weighted by Crippen LogP contribution is -2.34. The van der Waals surface area contributed by atoms with E-state index >= 15 is 0 Å². The predicted octanol–water partition coefficient (Wildman–Crippen LogP) is 2.79. The first kappa shape index (κ1) is 21.8. The Hall–Kier alpha value is -3.88. The fraction of sp³-hybridized carbons (Fsp3) is 0.273. The molecular weight excluding hydrogens is 404 g/mol. The van der Waals surface area contributed by atoms with E-state index in [0.29, 0.717) is 17.9 Å². The van der Waals surface area contributed by atoms with Crippen LogP contribution in [0, 0.1) is 0 Å². The fourth-order valence-electron chi connectivity index (χ4n) is 3.15. The molecule has 0 spiro atoms. The van der Waals surface area contributed by atoms with E-state index in [0.717, 1.165) is 29.9 Å². The maximum Gasteiger partial charge on any atom is 0.339 e. The van der Waals surface area contributed by atoms with Gasteiger partial charge in [0, 0.05) is 5.69 Å². The normalized spacial score (nSPS) is 15.8. The lowest BCUT2D eigenvalue weighted by Gasteiger charge is -2.17. The molecule has 9 heteroatoms. The standard InChI is InChI=1S/C22H22N2O7/c1-2-3-10-31-22(30)13-4-6-14(7-5-13)23-17-12-19(26)24(20(17)27)15-8-9-18(25)16(11-15)21(28)29/h4-9,11,17,23,25H,2-3,10,12H2,1H3,(H,28,29). The van der Waals surface area contributed by atoms with Crippen LogP contribution in [-0.4, -0.2) is 46.6 Å². The van der Waals surface area contributed by atoms with Gasteiger partial charge in [-0.2, -0.15) is 0 Å². The zero-order chi connectivity index (χ0) is 22.5. The van der Waals surface area contributed by atoms with Crippen molar-refractivity contribution in [3.63, 3.8) is 0 Å². The molecule has 2 amide bonds. The number of unbranched alkanes of at least 4 members (excludes halogenated alkanes) is 1. The smallest absolute Gasteiger partial charge is 0.339 e. The number of anilines is 2. The van der Waals surface area contributed by atoms with Crippen LogP contribution in [0.4, 0.5) is 11.4 Å². The first-order valence-corrected chi connectivity index (χ1v) is 9.78. The van der Waals surface area contributed by atoms with Crippen molar-refractivity contribution in [2.45, 2.75) is 32.2 Å². The quantitative estimate of drug-likeness (QED) is 0.333. The number of nitrogens with one attached hydrogen (secondary N) is 1. The van der Waals surface area contributed by atoms with E-state index < -0.39 is 41.1 Å². The van der Waals surface area contributed by atoms with Crippen LogP contribution >= 0.6 is 0 Å². The number of hydrogen-bond donors (Lipinski definition) is 3. The van der Waals surface area contributed by atoms with Crippen molar-refractivity contribution >= 4 is 35.1 Å². The van der Waals surface area contributed by atoms with Crippen LogP contribution in [0.15, 0.2) is 42.5 Å². The van der Waals surface area contributed by atoms with E-state index in [2.05, 4.69) is 5.32 Å². The van der Waals surface area contributed by atoms with Crippen molar-refractivity contribution in [2.75, 3.05) is 16.8 Å². The van der Waals surface area contributed by atoms with Gasteiger partial charge in [0.2, 0.25) is 5.91 Å². The van der Waals surface area contributed by atoms with Crippen molar-refractivity contribution in [2.24, 2.45) is 0 Å². The number of ether oxygens (including phenoxy) is 1. The van der Waals surface area contributed by atoms with Crippen molar-refractivity contribution in [1.82, 2.24) is 0 Å². The summed E-state index contributed by atoms with van der Waals surface area (Å²) >= 11 is 0.